The van der Waals surface area contributed by atoms with Crippen molar-refractivity contribution in [2.75, 3.05) is 67.5 Å². The number of carbonyl (C=O) groups is 5. The number of carbonyl (C=O) groups excluding carboxylic acids is 5. The fourth-order valence-corrected chi connectivity index (χ4v) is 11.3. The molecule has 424 valence electrons. The fraction of sp³-hybridized carbons (Fsp3) is 0.776. The SMILES string of the molecule is COCCO[C@@H]1CC[C@@H](C[C@@H](C)[C@@H]2CC(=O)[C@H](C)/C=C(\C)[C@@H](O)[C@@H](OC)C(=O)[C@H](C)C[C@H](C)/C=C/C=C/C=C(\C)[C@H](OC[C@H]3COCCO3)C[C@@H]3CC[C@@H](C)[C@@](O)(O3)C(=O)C(=O)N3CCCC[C@H]3C(=O)O2)C[C@H]1OC. The van der Waals surface area contributed by atoms with Crippen LogP contribution in [0.15, 0.2) is 47.6 Å². The first kappa shape index (κ1) is 62.4. The van der Waals surface area contributed by atoms with Gasteiger partial charge in [0.25, 0.3) is 11.7 Å². The van der Waals surface area contributed by atoms with Crippen LogP contribution in [-0.2, 0) is 66.6 Å². The number of rotatable bonds is 12. The van der Waals surface area contributed by atoms with Crippen molar-refractivity contribution >= 4 is 29.2 Å². The molecular weight excluding hydrogens is 967 g/mol. The first-order valence-corrected chi connectivity index (χ1v) is 27.7. The van der Waals surface area contributed by atoms with Crippen molar-refractivity contribution in [1.29, 1.82) is 0 Å². The zero-order valence-corrected chi connectivity index (χ0v) is 46.6. The minimum absolute atomic E-state index is 0.00616. The zero-order valence-electron chi connectivity index (χ0n) is 46.6. The van der Waals surface area contributed by atoms with Crippen LogP contribution in [0.2, 0.25) is 0 Å². The summed E-state index contributed by atoms with van der Waals surface area (Å²) >= 11 is 0. The minimum atomic E-state index is -2.48. The summed E-state index contributed by atoms with van der Waals surface area (Å²) in [6.07, 6.45) is 11.7. The molecule has 0 aromatic heterocycles. The molecule has 2 bridgehead atoms. The van der Waals surface area contributed by atoms with Crippen molar-refractivity contribution in [3.8, 4) is 0 Å². The van der Waals surface area contributed by atoms with Gasteiger partial charge in [-0.25, -0.2) is 4.79 Å². The molecule has 0 spiro atoms. The van der Waals surface area contributed by atoms with E-state index in [4.69, 9.17) is 42.6 Å². The topological polar surface area (TPSA) is 212 Å². The lowest BCUT2D eigenvalue weighted by molar-refractivity contribution is -0.266. The van der Waals surface area contributed by atoms with E-state index in [9.17, 15) is 34.2 Å². The molecule has 1 amide bonds. The molecule has 4 heterocycles. The van der Waals surface area contributed by atoms with Crippen molar-refractivity contribution in [1.82, 2.24) is 4.90 Å². The van der Waals surface area contributed by atoms with Gasteiger partial charge in [0.05, 0.1) is 64.1 Å². The summed E-state index contributed by atoms with van der Waals surface area (Å²) < 4.78 is 53.4. The van der Waals surface area contributed by atoms with E-state index in [1.165, 1.54) is 12.0 Å². The Hall–Kier alpha value is -3.49. The number of nitrogens with zero attached hydrogens (tertiary/aromatic N) is 1. The van der Waals surface area contributed by atoms with E-state index >= 15 is 0 Å². The van der Waals surface area contributed by atoms with E-state index in [0.29, 0.717) is 83.6 Å². The van der Waals surface area contributed by atoms with Gasteiger partial charge in [-0.3, -0.25) is 19.2 Å². The van der Waals surface area contributed by atoms with Gasteiger partial charge in [-0.1, -0.05) is 71.1 Å². The highest BCUT2D eigenvalue weighted by molar-refractivity contribution is 6.39. The van der Waals surface area contributed by atoms with Crippen LogP contribution < -0.4 is 0 Å². The van der Waals surface area contributed by atoms with Gasteiger partial charge < -0.3 is 57.7 Å². The second-order valence-corrected chi connectivity index (χ2v) is 22.1. The molecule has 17 nitrogen and oxygen atoms in total. The molecule has 1 saturated carbocycles. The molecule has 2 N–H and O–H groups in total. The third-order valence-corrected chi connectivity index (χ3v) is 16.2. The number of aliphatic hydroxyl groups is 2. The Bertz CT molecular complexity index is 1980. The lowest BCUT2D eigenvalue weighted by atomic mass is 9.78. The van der Waals surface area contributed by atoms with Gasteiger partial charge in [0, 0.05) is 58.5 Å². The molecule has 0 unspecified atom stereocenters. The van der Waals surface area contributed by atoms with E-state index < -0.39 is 77.8 Å². The van der Waals surface area contributed by atoms with Crippen molar-refractivity contribution in [2.45, 2.75) is 186 Å². The summed E-state index contributed by atoms with van der Waals surface area (Å²) in [5.74, 6) is -8.06. The first-order valence-electron chi connectivity index (χ1n) is 27.7. The highest BCUT2D eigenvalue weighted by atomic mass is 16.6. The zero-order chi connectivity index (χ0) is 54.8. The predicted molar refractivity (Wildman–Crippen MR) is 280 cm³/mol. The number of Topliss-reactive ketones (excluding diaryl/α,β-unsaturated/α-hetero) is 3. The Kier molecular flexibility index (Phi) is 25.4. The number of aliphatic hydroxyl groups excluding tert-OH is 1. The molecular formula is C58H91NO16. The number of cyclic esters (lactones) is 1. The monoisotopic (exact) mass is 1060 g/mol. The number of hydrogen-bond donors (Lipinski definition) is 2. The predicted octanol–water partition coefficient (Wildman–Crippen LogP) is 6.64. The van der Waals surface area contributed by atoms with E-state index in [2.05, 4.69) is 0 Å². The Morgan fingerprint density at radius 3 is 2.32 bits per heavy atom. The molecule has 75 heavy (non-hydrogen) atoms. The smallest absolute Gasteiger partial charge is 0.329 e. The number of methoxy groups -OCH3 is 3. The quantitative estimate of drug-likeness (QED) is 0.0908. The molecule has 0 aromatic rings. The van der Waals surface area contributed by atoms with Gasteiger partial charge in [-0.05, 0) is 107 Å². The van der Waals surface area contributed by atoms with Crippen LogP contribution in [-0.4, -0.2) is 173 Å². The van der Waals surface area contributed by atoms with Crippen LogP contribution in [0.4, 0.5) is 0 Å². The molecule has 5 rings (SSSR count). The number of hydrogen-bond acceptors (Lipinski definition) is 16. The maximum absolute atomic E-state index is 14.6. The van der Waals surface area contributed by atoms with E-state index in [1.54, 1.807) is 41.1 Å². The number of fused-ring (bicyclic) bond motifs is 3. The third kappa shape index (κ3) is 17.8. The summed E-state index contributed by atoms with van der Waals surface area (Å²) in [6.45, 7) is 15.3. The van der Waals surface area contributed by atoms with Gasteiger partial charge in [0.1, 0.15) is 36.2 Å². The van der Waals surface area contributed by atoms with Crippen LogP contribution in [0.1, 0.15) is 126 Å². The number of allylic oxidation sites excluding steroid dienone is 6. The van der Waals surface area contributed by atoms with Crippen LogP contribution in [0.5, 0.6) is 0 Å². The highest BCUT2D eigenvalue weighted by Gasteiger charge is 2.53. The van der Waals surface area contributed by atoms with Gasteiger partial charge >= 0.3 is 5.97 Å². The van der Waals surface area contributed by atoms with Crippen LogP contribution in [0, 0.1) is 35.5 Å². The number of ether oxygens (including phenoxy) is 9. The van der Waals surface area contributed by atoms with Crippen LogP contribution in [0.25, 0.3) is 0 Å². The van der Waals surface area contributed by atoms with Crippen molar-refractivity contribution in [3.63, 3.8) is 0 Å². The fourth-order valence-electron chi connectivity index (χ4n) is 11.3. The largest absolute Gasteiger partial charge is 0.460 e. The number of piperidine rings is 1. The van der Waals surface area contributed by atoms with Gasteiger partial charge in [-0.2, -0.15) is 0 Å². The number of ketones is 3. The molecule has 3 saturated heterocycles. The summed E-state index contributed by atoms with van der Waals surface area (Å²) in [7, 11) is 4.68. The van der Waals surface area contributed by atoms with Crippen molar-refractivity contribution < 1.29 is 76.8 Å². The standard InChI is InChI=1S/C58H91NO16/c1-36-16-12-11-13-17-37(2)49(73-35-45-34-70-25-27-71-45)32-44-21-19-42(7)58(66,75-44)55(63)56(64)59-23-15-14-18-46(59)57(65)74-50(39(4)30-43-20-22-48(51(31-43)68-9)72-26-24-67-8)33-47(60)38(3)29-41(6)53(62)54(69-10)52(61)40(5)28-36/h11-13,16-17,29,36,38-40,42-46,48-51,53-54,62,66H,14-15,18-28,30-35H2,1-10H3/b13-11+,16-12+,37-17+,41-29+/t36-,38-,39-,40-,42-,43+,44+,45-,46+,48-,49-,50+,51-,53-,54+,58-/m1/s1. The van der Waals surface area contributed by atoms with E-state index in [0.717, 1.165) is 18.4 Å². The molecule has 17 heteroatoms. The van der Waals surface area contributed by atoms with Gasteiger partial charge in [0.15, 0.2) is 5.78 Å². The normalized spacial score (nSPS) is 38.8. The number of esters is 1. The lowest BCUT2D eigenvalue weighted by Crippen LogP contribution is -2.61. The lowest BCUT2D eigenvalue weighted by Gasteiger charge is -2.43. The Morgan fingerprint density at radius 2 is 1.61 bits per heavy atom. The van der Waals surface area contributed by atoms with E-state index in [1.807, 2.05) is 58.1 Å². The average molecular weight is 1060 g/mol. The van der Waals surface area contributed by atoms with Crippen molar-refractivity contribution in [2.24, 2.45) is 35.5 Å². The van der Waals surface area contributed by atoms with Crippen LogP contribution >= 0.6 is 0 Å². The Morgan fingerprint density at radius 1 is 0.840 bits per heavy atom. The first-order chi connectivity index (χ1) is 35.8. The maximum Gasteiger partial charge on any atom is 0.329 e. The van der Waals surface area contributed by atoms with Crippen LogP contribution in [0.3, 0.4) is 0 Å². The minimum Gasteiger partial charge on any atom is -0.460 e. The summed E-state index contributed by atoms with van der Waals surface area (Å²) in [4.78, 5) is 73.0. The Labute approximate surface area is 446 Å². The molecule has 1 aliphatic carbocycles. The molecule has 0 aromatic carbocycles. The van der Waals surface area contributed by atoms with E-state index in [-0.39, 0.29) is 80.0 Å². The second kappa shape index (κ2) is 30.6. The molecule has 16 atom stereocenters. The summed E-state index contributed by atoms with van der Waals surface area (Å²) in [5, 5.41) is 23.8. The van der Waals surface area contributed by atoms with Gasteiger partial charge in [0.2, 0.25) is 5.79 Å². The average Bonchev–Trinajstić information content (AvgIpc) is 3.40. The maximum atomic E-state index is 14.6. The van der Waals surface area contributed by atoms with Crippen molar-refractivity contribution in [3.05, 3.63) is 47.6 Å². The highest BCUT2D eigenvalue weighted by Crippen LogP contribution is 2.38. The molecule has 5 aliphatic rings. The summed E-state index contributed by atoms with van der Waals surface area (Å²) in [6, 6.07) is -1.16. The molecule has 0 radical (unpaired) electrons. The number of amides is 1. The second-order valence-electron chi connectivity index (χ2n) is 22.1. The summed E-state index contributed by atoms with van der Waals surface area (Å²) in [5.41, 5.74) is 1.24. The molecule has 4 aliphatic heterocycles. The third-order valence-electron chi connectivity index (χ3n) is 16.2. The van der Waals surface area contributed by atoms with Gasteiger partial charge in [-0.15, -0.1) is 0 Å². The Balaban J connectivity index is 1.47. The molecule has 4 fully saturated rings.